The Morgan fingerprint density at radius 3 is 2.73 bits per heavy atom. The number of aromatic nitrogens is 1. The molecule has 0 amide bonds. The molecule has 0 saturated heterocycles. The summed E-state index contributed by atoms with van der Waals surface area (Å²) in [6.07, 6.45) is 4.54. The van der Waals surface area contributed by atoms with Crippen LogP contribution in [0.2, 0.25) is 0 Å². The molecule has 2 aromatic carbocycles. The predicted octanol–water partition coefficient (Wildman–Crippen LogP) is 4.99. The van der Waals surface area contributed by atoms with E-state index in [-0.39, 0.29) is 5.56 Å². The van der Waals surface area contributed by atoms with E-state index in [9.17, 15) is 4.79 Å². The van der Waals surface area contributed by atoms with Crippen LogP contribution in [0.1, 0.15) is 36.8 Å². The number of anilines is 1. The highest BCUT2D eigenvalue weighted by Crippen LogP contribution is 2.28. The minimum absolute atomic E-state index is 0.0557. The van der Waals surface area contributed by atoms with Gasteiger partial charge >= 0.3 is 0 Å². The van der Waals surface area contributed by atoms with Crippen molar-refractivity contribution in [1.29, 1.82) is 0 Å². The molecule has 1 aliphatic rings. The van der Waals surface area contributed by atoms with Crippen molar-refractivity contribution in [2.75, 3.05) is 12.4 Å². The number of nitrogens with one attached hydrogen (secondary N) is 2. The molecule has 0 unspecified atom stereocenters. The van der Waals surface area contributed by atoms with Gasteiger partial charge in [-0.3, -0.25) is 4.79 Å². The number of rotatable bonds is 5. The molecule has 156 valence electrons. The second-order valence-electron chi connectivity index (χ2n) is 7.86. The standard InChI is InChI=1S/C24H27N3O2S/c1-16-8-7-9-17-14-18(23(28)26-22(16)17)15-27(19-10-3-4-11-19)24(30)25-20-12-5-6-13-21(20)29-2/h5-9,12-14,19H,3-4,10-11,15H2,1-2H3,(H,25,30)(H,26,28). The molecule has 3 aromatic rings. The zero-order chi connectivity index (χ0) is 21.1. The molecule has 1 fully saturated rings. The van der Waals surface area contributed by atoms with Gasteiger partial charge in [0, 0.05) is 11.6 Å². The van der Waals surface area contributed by atoms with Crippen molar-refractivity contribution in [3.8, 4) is 5.75 Å². The van der Waals surface area contributed by atoms with Crippen molar-refractivity contribution < 1.29 is 4.74 Å². The molecular weight excluding hydrogens is 394 g/mol. The summed E-state index contributed by atoms with van der Waals surface area (Å²) in [5, 5.41) is 5.01. The predicted molar refractivity (Wildman–Crippen MR) is 126 cm³/mol. The van der Waals surface area contributed by atoms with Crippen LogP contribution in [0.15, 0.2) is 53.3 Å². The van der Waals surface area contributed by atoms with Crippen LogP contribution in [0.25, 0.3) is 10.9 Å². The summed E-state index contributed by atoms with van der Waals surface area (Å²) in [5.74, 6) is 0.741. The Morgan fingerprint density at radius 1 is 1.20 bits per heavy atom. The summed E-state index contributed by atoms with van der Waals surface area (Å²) < 4.78 is 5.45. The van der Waals surface area contributed by atoms with Crippen molar-refractivity contribution in [3.63, 3.8) is 0 Å². The minimum Gasteiger partial charge on any atom is -0.495 e. The van der Waals surface area contributed by atoms with Gasteiger partial charge in [0.1, 0.15) is 5.75 Å². The molecule has 6 heteroatoms. The molecule has 1 saturated carbocycles. The summed E-state index contributed by atoms with van der Waals surface area (Å²) in [5.41, 5.74) is 3.46. The SMILES string of the molecule is COc1ccccc1NC(=S)N(Cc1cc2cccc(C)c2[nH]c1=O)C1CCCC1. The average Bonchev–Trinajstić information content (AvgIpc) is 3.28. The van der Waals surface area contributed by atoms with Gasteiger partial charge in [-0.05, 0) is 61.1 Å². The molecule has 30 heavy (non-hydrogen) atoms. The topological polar surface area (TPSA) is 57.4 Å². The molecular formula is C24H27N3O2S. The van der Waals surface area contributed by atoms with Gasteiger partial charge in [0.15, 0.2) is 5.11 Å². The molecule has 1 aromatic heterocycles. The largest absolute Gasteiger partial charge is 0.495 e. The number of H-pyrrole nitrogens is 1. The maximum absolute atomic E-state index is 12.9. The second kappa shape index (κ2) is 8.88. The van der Waals surface area contributed by atoms with Gasteiger partial charge < -0.3 is 19.9 Å². The molecule has 2 N–H and O–H groups in total. The van der Waals surface area contributed by atoms with Gasteiger partial charge in [-0.15, -0.1) is 0 Å². The van der Waals surface area contributed by atoms with E-state index >= 15 is 0 Å². The molecule has 1 heterocycles. The number of hydrogen-bond donors (Lipinski definition) is 2. The van der Waals surface area contributed by atoms with Gasteiger partial charge in [-0.25, -0.2) is 0 Å². The van der Waals surface area contributed by atoms with Crippen LogP contribution in [0.5, 0.6) is 5.75 Å². The third-order valence-electron chi connectivity index (χ3n) is 5.88. The van der Waals surface area contributed by atoms with Crippen LogP contribution in [-0.4, -0.2) is 28.1 Å². The summed E-state index contributed by atoms with van der Waals surface area (Å²) in [7, 11) is 1.65. The van der Waals surface area contributed by atoms with Crippen LogP contribution in [-0.2, 0) is 6.54 Å². The van der Waals surface area contributed by atoms with Crippen molar-refractivity contribution in [2.45, 2.75) is 45.2 Å². The Morgan fingerprint density at radius 2 is 1.97 bits per heavy atom. The monoisotopic (exact) mass is 421 g/mol. The highest BCUT2D eigenvalue weighted by atomic mass is 32.1. The fourth-order valence-electron chi connectivity index (χ4n) is 4.25. The number of hydrogen-bond acceptors (Lipinski definition) is 3. The lowest BCUT2D eigenvalue weighted by molar-refractivity contribution is 0.311. The number of ether oxygens (including phenoxy) is 1. The van der Waals surface area contributed by atoms with E-state index in [1.165, 1.54) is 12.8 Å². The number of para-hydroxylation sites is 3. The number of benzene rings is 2. The van der Waals surface area contributed by atoms with Crippen LogP contribution < -0.4 is 15.6 Å². The molecule has 0 bridgehead atoms. The van der Waals surface area contributed by atoms with E-state index in [0.717, 1.165) is 46.3 Å². The van der Waals surface area contributed by atoms with Gasteiger partial charge in [0.2, 0.25) is 0 Å². The Hall–Kier alpha value is -2.86. The summed E-state index contributed by atoms with van der Waals surface area (Å²) in [6.45, 7) is 2.49. The fourth-order valence-corrected chi connectivity index (χ4v) is 4.57. The first-order valence-corrected chi connectivity index (χ1v) is 10.8. The molecule has 5 nitrogen and oxygen atoms in total. The van der Waals surface area contributed by atoms with E-state index in [1.54, 1.807) is 7.11 Å². The number of nitrogens with zero attached hydrogens (tertiary/aromatic N) is 1. The van der Waals surface area contributed by atoms with Gasteiger partial charge in [-0.2, -0.15) is 0 Å². The zero-order valence-corrected chi connectivity index (χ0v) is 18.2. The number of fused-ring (bicyclic) bond motifs is 1. The lowest BCUT2D eigenvalue weighted by Crippen LogP contribution is -2.42. The Labute approximate surface area is 182 Å². The van der Waals surface area contributed by atoms with Gasteiger partial charge in [-0.1, -0.05) is 43.2 Å². The van der Waals surface area contributed by atoms with Crippen molar-refractivity contribution >= 4 is 33.9 Å². The maximum atomic E-state index is 12.9. The lowest BCUT2D eigenvalue weighted by Gasteiger charge is -2.32. The molecule has 0 spiro atoms. The minimum atomic E-state index is -0.0557. The second-order valence-corrected chi connectivity index (χ2v) is 8.25. The van der Waals surface area contributed by atoms with Crippen LogP contribution in [0.4, 0.5) is 5.69 Å². The Kier molecular flexibility index (Phi) is 6.04. The Bertz CT molecular complexity index is 1120. The molecule has 0 aliphatic heterocycles. The van der Waals surface area contributed by atoms with Crippen LogP contribution in [0, 0.1) is 6.92 Å². The van der Waals surface area contributed by atoms with Crippen LogP contribution >= 0.6 is 12.2 Å². The molecule has 0 atom stereocenters. The number of aromatic amines is 1. The normalized spacial score (nSPS) is 14.1. The Balaban J connectivity index is 1.65. The first kappa shape index (κ1) is 20.4. The van der Waals surface area contributed by atoms with E-state index in [1.807, 2.05) is 55.5 Å². The smallest absolute Gasteiger partial charge is 0.253 e. The number of aryl methyl sites for hydroxylation is 1. The van der Waals surface area contributed by atoms with Gasteiger partial charge in [0.25, 0.3) is 5.56 Å². The fraction of sp³-hybridized carbons (Fsp3) is 0.333. The highest BCUT2D eigenvalue weighted by molar-refractivity contribution is 7.80. The molecule has 1 aliphatic carbocycles. The summed E-state index contributed by atoms with van der Waals surface area (Å²) in [6, 6.07) is 16.1. The van der Waals surface area contributed by atoms with Crippen molar-refractivity contribution in [1.82, 2.24) is 9.88 Å². The van der Waals surface area contributed by atoms with E-state index < -0.39 is 0 Å². The van der Waals surface area contributed by atoms with E-state index in [0.29, 0.717) is 17.7 Å². The van der Waals surface area contributed by atoms with E-state index in [4.69, 9.17) is 17.0 Å². The lowest BCUT2D eigenvalue weighted by atomic mass is 10.1. The highest BCUT2D eigenvalue weighted by Gasteiger charge is 2.26. The summed E-state index contributed by atoms with van der Waals surface area (Å²) >= 11 is 5.81. The van der Waals surface area contributed by atoms with Crippen LogP contribution in [0.3, 0.4) is 0 Å². The maximum Gasteiger partial charge on any atom is 0.253 e. The van der Waals surface area contributed by atoms with Crippen molar-refractivity contribution in [3.05, 3.63) is 70.0 Å². The average molecular weight is 422 g/mol. The quantitative estimate of drug-likeness (QED) is 0.569. The third kappa shape index (κ3) is 4.19. The summed E-state index contributed by atoms with van der Waals surface area (Å²) in [4.78, 5) is 18.1. The van der Waals surface area contributed by atoms with Gasteiger partial charge in [0.05, 0.1) is 24.9 Å². The zero-order valence-electron chi connectivity index (χ0n) is 17.4. The van der Waals surface area contributed by atoms with Crippen molar-refractivity contribution in [2.24, 2.45) is 0 Å². The first-order valence-electron chi connectivity index (χ1n) is 10.4. The number of methoxy groups -OCH3 is 1. The molecule has 0 radical (unpaired) electrons. The van der Waals surface area contributed by atoms with E-state index in [2.05, 4.69) is 15.2 Å². The number of pyridine rings is 1. The first-order chi connectivity index (χ1) is 14.6. The molecule has 4 rings (SSSR count). The number of thiocarbonyl (C=S) groups is 1. The third-order valence-corrected chi connectivity index (χ3v) is 6.22.